The highest BCUT2D eigenvalue weighted by atomic mass is 32.1. The van der Waals surface area contributed by atoms with Crippen molar-refractivity contribution >= 4 is 27.9 Å². The zero-order valence-electron chi connectivity index (χ0n) is 12.1. The number of nitrogen functional groups attached to an aromatic ring is 1. The summed E-state index contributed by atoms with van der Waals surface area (Å²) in [5.41, 5.74) is 6.51. The molecule has 6 nitrogen and oxygen atoms in total. The molecule has 1 aliphatic heterocycles. The van der Waals surface area contributed by atoms with Crippen LogP contribution < -0.4 is 16.4 Å². The molecule has 2 heterocycles. The molecule has 0 saturated carbocycles. The summed E-state index contributed by atoms with van der Waals surface area (Å²) in [6, 6.07) is 2.07. The molecule has 2 rings (SSSR count). The first-order valence-corrected chi connectivity index (χ1v) is 7.95. The molecule has 4 N–H and O–H groups in total. The number of anilines is 2. The molecule has 21 heavy (non-hydrogen) atoms. The van der Waals surface area contributed by atoms with Gasteiger partial charge in [-0.3, -0.25) is 4.79 Å². The van der Waals surface area contributed by atoms with Crippen LogP contribution in [0.15, 0.2) is 0 Å². The molecule has 0 aliphatic carbocycles. The molecule has 1 aliphatic rings. The van der Waals surface area contributed by atoms with E-state index in [9.17, 15) is 10.1 Å². The summed E-state index contributed by atoms with van der Waals surface area (Å²) in [6.07, 6.45) is 3.43. The van der Waals surface area contributed by atoms with Crippen molar-refractivity contribution in [3.8, 4) is 6.07 Å². The van der Waals surface area contributed by atoms with Crippen molar-refractivity contribution in [3.63, 3.8) is 0 Å². The molecular weight excluding hydrogens is 288 g/mol. The lowest BCUT2D eigenvalue weighted by Crippen LogP contribution is -2.26. The summed E-state index contributed by atoms with van der Waals surface area (Å²) in [5.74, 6) is -0.238. The van der Waals surface area contributed by atoms with Crippen molar-refractivity contribution in [1.29, 1.82) is 5.26 Å². The molecule has 7 heteroatoms. The van der Waals surface area contributed by atoms with Gasteiger partial charge in [-0.2, -0.15) is 5.26 Å². The lowest BCUT2D eigenvalue weighted by Gasteiger charge is -2.22. The van der Waals surface area contributed by atoms with Gasteiger partial charge in [-0.05, 0) is 26.2 Å². The van der Waals surface area contributed by atoms with Gasteiger partial charge in [-0.15, -0.1) is 11.3 Å². The van der Waals surface area contributed by atoms with Crippen LogP contribution in [0.25, 0.3) is 0 Å². The fourth-order valence-electron chi connectivity index (χ4n) is 2.26. The maximum absolute atomic E-state index is 11.9. The smallest absolute Gasteiger partial charge is 0.263 e. The Bertz CT molecular complexity index is 544. The molecule has 1 unspecified atom stereocenters. The van der Waals surface area contributed by atoms with Gasteiger partial charge in [-0.1, -0.05) is 0 Å². The van der Waals surface area contributed by atoms with E-state index in [1.807, 2.05) is 6.92 Å². The standard InChI is InChI=1S/C14H20N4O2S/c1-2-17-13(19)12-11(16)10(7-15)14(21-12)18-8-9-5-3-4-6-20-9/h9,18H,2-6,8,16H2,1H3,(H,17,19). The predicted molar refractivity (Wildman–Crippen MR) is 83.5 cm³/mol. The van der Waals surface area contributed by atoms with Gasteiger partial charge in [0.2, 0.25) is 0 Å². The van der Waals surface area contributed by atoms with Crippen molar-refractivity contribution in [2.75, 3.05) is 30.7 Å². The lowest BCUT2D eigenvalue weighted by atomic mass is 10.1. The van der Waals surface area contributed by atoms with Gasteiger partial charge < -0.3 is 21.1 Å². The molecule has 1 aromatic heterocycles. The number of carbonyl (C=O) groups is 1. The van der Waals surface area contributed by atoms with E-state index in [0.717, 1.165) is 25.9 Å². The Morgan fingerprint density at radius 3 is 3.00 bits per heavy atom. The van der Waals surface area contributed by atoms with Crippen LogP contribution in [-0.4, -0.2) is 31.7 Å². The number of nitrogens with zero attached hydrogens (tertiary/aromatic N) is 1. The first kappa shape index (κ1) is 15.6. The van der Waals surface area contributed by atoms with E-state index in [4.69, 9.17) is 10.5 Å². The fourth-order valence-corrected chi connectivity index (χ4v) is 3.26. The summed E-state index contributed by atoms with van der Waals surface area (Å²) in [5, 5.41) is 15.8. The van der Waals surface area contributed by atoms with E-state index in [1.165, 1.54) is 11.3 Å². The molecule has 1 aromatic rings. The van der Waals surface area contributed by atoms with E-state index >= 15 is 0 Å². The second-order valence-corrected chi connectivity index (χ2v) is 5.91. The predicted octanol–water partition coefficient (Wildman–Crippen LogP) is 1.93. The average molecular weight is 308 g/mol. The van der Waals surface area contributed by atoms with Crippen molar-refractivity contribution in [1.82, 2.24) is 5.32 Å². The third kappa shape index (κ3) is 3.65. The minimum atomic E-state index is -0.238. The van der Waals surface area contributed by atoms with Crippen LogP contribution >= 0.6 is 11.3 Å². The average Bonchev–Trinajstić information content (AvgIpc) is 2.82. The largest absolute Gasteiger partial charge is 0.396 e. The molecule has 0 radical (unpaired) electrons. The number of nitriles is 1. The number of hydrogen-bond acceptors (Lipinski definition) is 6. The van der Waals surface area contributed by atoms with E-state index in [1.54, 1.807) is 0 Å². The van der Waals surface area contributed by atoms with Crippen molar-refractivity contribution < 1.29 is 9.53 Å². The van der Waals surface area contributed by atoms with E-state index in [0.29, 0.717) is 28.5 Å². The highest BCUT2D eigenvalue weighted by Gasteiger charge is 2.21. The Morgan fingerprint density at radius 2 is 2.38 bits per heavy atom. The molecule has 0 aromatic carbocycles. The molecular formula is C14H20N4O2S. The molecule has 1 amide bonds. The van der Waals surface area contributed by atoms with E-state index in [-0.39, 0.29) is 17.7 Å². The maximum Gasteiger partial charge on any atom is 0.263 e. The highest BCUT2D eigenvalue weighted by molar-refractivity contribution is 7.18. The molecule has 114 valence electrons. The van der Waals surface area contributed by atoms with Crippen molar-refractivity contribution in [2.45, 2.75) is 32.3 Å². The second kappa shape index (κ2) is 7.29. The van der Waals surface area contributed by atoms with Gasteiger partial charge in [0, 0.05) is 19.7 Å². The van der Waals surface area contributed by atoms with Gasteiger partial charge in [0.05, 0.1) is 11.8 Å². The Kier molecular flexibility index (Phi) is 5.42. The number of ether oxygens (including phenoxy) is 1. The van der Waals surface area contributed by atoms with Crippen LogP contribution in [0.3, 0.4) is 0 Å². The zero-order valence-corrected chi connectivity index (χ0v) is 12.9. The summed E-state index contributed by atoms with van der Waals surface area (Å²) >= 11 is 1.22. The van der Waals surface area contributed by atoms with E-state index in [2.05, 4.69) is 16.7 Å². The Labute approximate surface area is 128 Å². The van der Waals surface area contributed by atoms with Gasteiger partial charge in [0.25, 0.3) is 5.91 Å². The summed E-state index contributed by atoms with van der Waals surface area (Å²) in [7, 11) is 0. The summed E-state index contributed by atoms with van der Waals surface area (Å²) in [4.78, 5) is 12.3. The number of hydrogen-bond donors (Lipinski definition) is 3. The number of nitrogens with two attached hydrogens (primary N) is 1. The van der Waals surface area contributed by atoms with Crippen LogP contribution in [0.5, 0.6) is 0 Å². The number of rotatable bonds is 5. The second-order valence-electron chi connectivity index (χ2n) is 4.89. The van der Waals surface area contributed by atoms with Crippen molar-refractivity contribution in [2.24, 2.45) is 0 Å². The highest BCUT2D eigenvalue weighted by Crippen LogP contribution is 2.35. The van der Waals surface area contributed by atoms with Gasteiger partial charge in [0.1, 0.15) is 21.5 Å². The molecule has 1 fully saturated rings. The van der Waals surface area contributed by atoms with Crippen molar-refractivity contribution in [3.05, 3.63) is 10.4 Å². The Balaban J connectivity index is 2.09. The molecule has 1 saturated heterocycles. The number of amides is 1. The normalized spacial score (nSPS) is 18.0. The Hall–Kier alpha value is -1.78. The third-order valence-electron chi connectivity index (χ3n) is 3.36. The van der Waals surface area contributed by atoms with Gasteiger partial charge in [-0.25, -0.2) is 0 Å². The third-order valence-corrected chi connectivity index (χ3v) is 4.53. The number of carbonyl (C=O) groups excluding carboxylic acids is 1. The Morgan fingerprint density at radius 1 is 1.57 bits per heavy atom. The van der Waals surface area contributed by atoms with Gasteiger partial charge >= 0.3 is 0 Å². The lowest BCUT2D eigenvalue weighted by molar-refractivity contribution is 0.0248. The number of thiophene rings is 1. The fraction of sp³-hybridized carbons (Fsp3) is 0.571. The summed E-state index contributed by atoms with van der Waals surface area (Å²) in [6.45, 7) is 3.78. The maximum atomic E-state index is 11.9. The SMILES string of the molecule is CCNC(=O)c1sc(NCC2CCCCO2)c(C#N)c1N. The monoisotopic (exact) mass is 308 g/mol. The van der Waals surface area contributed by atoms with Crippen LogP contribution in [0.2, 0.25) is 0 Å². The van der Waals surface area contributed by atoms with Crippen LogP contribution in [0.1, 0.15) is 41.4 Å². The van der Waals surface area contributed by atoms with Crippen LogP contribution in [0, 0.1) is 11.3 Å². The first-order chi connectivity index (χ1) is 10.2. The first-order valence-electron chi connectivity index (χ1n) is 7.13. The topological polar surface area (TPSA) is 100 Å². The quantitative estimate of drug-likeness (QED) is 0.771. The summed E-state index contributed by atoms with van der Waals surface area (Å²) < 4.78 is 5.64. The molecule has 1 atom stereocenters. The number of nitrogens with one attached hydrogen (secondary N) is 2. The zero-order chi connectivity index (χ0) is 15.2. The minimum absolute atomic E-state index is 0.154. The van der Waals surface area contributed by atoms with Crippen LogP contribution in [-0.2, 0) is 4.74 Å². The van der Waals surface area contributed by atoms with E-state index < -0.39 is 0 Å². The van der Waals surface area contributed by atoms with Crippen LogP contribution in [0.4, 0.5) is 10.7 Å². The molecule has 0 bridgehead atoms. The molecule has 0 spiro atoms. The minimum Gasteiger partial charge on any atom is -0.396 e. The van der Waals surface area contributed by atoms with Gasteiger partial charge in [0.15, 0.2) is 0 Å².